The molecule has 0 saturated heterocycles. The molecule has 0 amide bonds. The van der Waals surface area contributed by atoms with Crippen LogP contribution in [-0.2, 0) is 6.54 Å². The third-order valence-corrected chi connectivity index (χ3v) is 2.54. The number of benzene rings is 1. The Morgan fingerprint density at radius 3 is 2.73 bits per heavy atom. The zero-order valence-electron chi connectivity index (χ0n) is 8.51. The molecule has 2 heterocycles. The zero-order chi connectivity index (χ0) is 10.3. The molecule has 0 N–H and O–H groups in total. The predicted molar refractivity (Wildman–Crippen MR) is 59.6 cm³/mol. The minimum atomic E-state index is 0.785. The molecule has 0 aliphatic carbocycles. The van der Waals surface area contributed by atoms with E-state index >= 15 is 0 Å². The summed E-state index contributed by atoms with van der Waals surface area (Å²) < 4.78 is 1.94. The summed E-state index contributed by atoms with van der Waals surface area (Å²) >= 11 is 0. The molecule has 2 aromatic rings. The van der Waals surface area contributed by atoms with Crippen molar-refractivity contribution in [2.24, 2.45) is 4.99 Å². The maximum absolute atomic E-state index is 4.56. The van der Waals surface area contributed by atoms with Gasteiger partial charge in [-0.05, 0) is 12.5 Å². The van der Waals surface area contributed by atoms with Crippen LogP contribution in [0.4, 0.5) is 5.82 Å². The molecule has 0 saturated carbocycles. The number of fused-ring (bicyclic) bond motifs is 1. The van der Waals surface area contributed by atoms with Crippen LogP contribution in [0.25, 0.3) is 0 Å². The lowest BCUT2D eigenvalue weighted by Crippen LogP contribution is -2.06. The highest BCUT2D eigenvalue weighted by Gasteiger charge is 2.16. The molecule has 0 unspecified atom stereocenters. The van der Waals surface area contributed by atoms with Crippen LogP contribution in [0.5, 0.6) is 0 Å². The van der Waals surface area contributed by atoms with Crippen molar-refractivity contribution in [3.8, 4) is 0 Å². The highest BCUT2D eigenvalue weighted by atomic mass is 15.3. The molecule has 0 atom stereocenters. The Bertz CT molecular complexity index is 523. The summed E-state index contributed by atoms with van der Waals surface area (Å²) in [6.45, 7) is 2.77. The lowest BCUT2D eigenvalue weighted by atomic mass is 10.1. The van der Waals surface area contributed by atoms with E-state index in [1.807, 2.05) is 35.9 Å². The quantitative estimate of drug-likeness (QED) is 0.690. The molecule has 1 aliphatic rings. The van der Waals surface area contributed by atoms with Gasteiger partial charge in [0.1, 0.15) is 0 Å². The smallest absolute Gasteiger partial charge is 0.151 e. The van der Waals surface area contributed by atoms with E-state index in [1.165, 1.54) is 5.56 Å². The average Bonchev–Trinajstić information content (AvgIpc) is 2.76. The van der Waals surface area contributed by atoms with Crippen LogP contribution in [0.3, 0.4) is 0 Å². The molecule has 1 aromatic carbocycles. The van der Waals surface area contributed by atoms with Crippen LogP contribution in [0.2, 0.25) is 0 Å². The van der Waals surface area contributed by atoms with Gasteiger partial charge in [0.15, 0.2) is 5.82 Å². The fraction of sp³-hybridized carbons (Fsp3) is 0.167. The Labute approximate surface area is 88.1 Å². The van der Waals surface area contributed by atoms with Crippen molar-refractivity contribution in [2.45, 2.75) is 13.5 Å². The SMILES string of the molecule is Cc1cc2n(n1)CC(c1ccccc1)=N2. The molecular formula is C12H11N3. The Balaban J connectivity index is 2.00. The normalized spacial score (nSPS) is 13.8. The van der Waals surface area contributed by atoms with Crippen LogP contribution < -0.4 is 0 Å². The summed E-state index contributed by atoms with van der Waals surface area (Å²) in [5.74, 6) is 0.964. The van der Waals surface area contributed by atoms with Crippen LogP contribution in [0, 0.1) is 6.92 Å². The Hall–Kier alpha value is -1.90. The van der Waals surface area contributed by atoms with E-state index in [0.717, 1.165) is 23.8 Å². The van der Waals surface area contributed by atoms with Crippen LogP contribution in [0.15, 0.2) is 41.4 Å². The van der Waals surface area contributed by atoms with Gasteiger partial charge in [-0.2, -0.15) is 5.10 Å². The molecule has 0 spiro atoms. The number of aryl methyl sites for hydroxylation is 1. The van der Waals surface area contributed by atoms with Crippen LogP contribution in [-0.4, -0.2) is 15.5 Å². The van der Waals surface area contributed by atoms with E-state index in [4.69, 9.17) is 0 Å². The van der Waals surface area contributed by atoms with Crippen molar-refractivity contribution in [1.29, 1.82) is 0 Å². The first kappa shape index (κ1) is 8.41. The number of hydrogen-bond acceptors (Lipinski definition) is 2. The van der Waals surface area contributed by atoms with E-state index in [1.54, 1.807) is 0 Å². The highest BCUT2D eigenvalue weighted by molar-refractivity contribution is 6.03. The second kappa shape index (κ2) is 3.05. The molecule has 0 radical (unpaired) electrons. The summed E-state index contributed by atoms with van der Waals surface area (Å²) in [5.41, 5.74) is 3.31. The number of aliphatic imine (C=N–C) groups is 1. The number of hydrogen-bond donors (Lipinski definition) is 0. The van der Waals surface area contributed by atoms with E-state index < -0.39 is 0 Å². The number of nitrogens with zero attached hydrogens (tertiary/aromatic N) is 3. The van der Waals surface area contributed by atoms with Gasteiger partial charge in [-0.1, -0.05) is 30.3 Å². The molecule has 0 bridgehead atoms. The summed E-state index contributed by atoms with van der Waals surface area (Å²) in [7, 11) is 0. The number of rotatable bonds is 1. The van der Waals surface area contributed by atoms with Crippen molar-refractivity contribution < 1.29 is 0 Å². The predicted octanol–water partition coefficient (Wildman–Crippen LogP) is 2.33. The van der Waals surface area contributed by atoms with Crippen molar-refractivity contribution in [2.75, 3.05) is 0 Å². The summed E-state index contributed by atoms with van der Waals surface area (Å²) in [5, 5.41) is 4.37. The van der Waals surface area contributed by atoms with E-state index in [2.05, 4.69) is 22.2 Å². The van der Waals surface area contributed by atoms with E-state index in [9.17, 15) is 0 Å². The summed E-state index contributed by atoms with van der Waals surface area (Å²) in [6, 6.07) is 12.3. The standard InChI is InChI=1S/C12H11N3/c1-9-7-12-13-11(8-15(12)14-9)10-5-3-2-4-6-10/h2-7H,8H2,1H3. The van der Waals surface area contributed by atoms with E-state index in [-0.39, 0.29) is 0 Å². The maximum Gasteiger partial charge on any atom is 0.151 e. The first-order valence-electron chi connectivity index (χ1n) is 5.00. The van der Waals surface area contributed by atoms with Gasteiger partial charge < -0.3 is 0 Å². The van der Waals surface area contributed by atoms with Crippen LogP contribution >= 0.6 is 0 Å². The second-order valence-corrected chi connectivity index (χ2v) is 3.73. The van der Waals surface area contributed by atoms with Gasteiger partial charge in [0.05, 0.1) is 18.0 Å². The minimum absolute atomic E-state index is 0.785. The third kappa shape index (κ3) is 1.36. The van der Waals surface area contributed by atoms with E-state index in [0.29, 0.717) is 0 Å². The zero-order valence-corrected chi connectivity index (χ0v) is 8.51. The lowest BCUT2D eigenvalue weighted by Gasteiger charge is -1.99. The van der Waals surface area contributed by atoms with Gasteiger partial charge in [-0.25, -0.2) is 9.67 Å². The molecule has 0 fully saturated rings. The topological polar surface area (TPSA) is 30.2 Å². The van der Waals surface area contributed by atoms with Gasteiger partial charge in [0.25, 0.3) is 0 Å². The largest absolute Gasteiger partial charge is 0.241 e. The average molecular weight is 197 g/mol. The Morgan fingerprint density at radius 1 is 1.20 bits per heavy atom. The van der Waals surface area contributed by atoms with Crippen LogP contribution in [0.1, 0.15) is 11.3 Å². The van der Waals surface area contributed by atoms with Gasteiger partial charge in [0, 0.05) is 6.07 Å². The molecule has 3 nitrogen and oxygen atoms in total. The lowest BCUT2D eigenvalue weighted by molar-refractivity contribution is 0.741. The molecule has 1 aromatic heterocycles. The van der Waals surface area contributed by atoms with Crippen molar-refractivity contribution in [1.82, 2.24) is 9.78 Å². The fourth-order valence-electron chi connectivity index (χ4n) is 1.84. The summed E-state index contributed by atoms with van der Waals surface area (Å²) in [4.78, 5) is 4.56. The molecular weight excluding hydrogens is 186 g/mol. The monoisotopic (exact) mass is 197 g/mol. The Morgan fingerprint density at radius 2 is 2.00 bits per heavy atom. The van der Waals surface area contributed by atoms with Gasteiger partial charge in [-0.15, -0.1) is 0 Å². The molecule has 74 valence electrons. The van der Waals surface area contributed by atoms with Gasteiger partial charge >= 0.3 is 0 Å². The minimum Gasteiger partial charge on any atom is -0.241 e. The molecule has 15 heavy (non-hydrogen) atoms. The fourth-order valence-corrected chi connectivity index (χ4v) is 1.84. The van der Waals surface area contributed by atoms with Gasteiger partial charge in [-0.3, -0.25) is 0 Å². The van der Waals surface area contributed by atoms with Crippen molar-refractivity contribution in [3.05, 3.63) is 47.7 Å². The first-order valence-corrected chi connectivity index (χ1v) is 5.00. The summed E-state index contributed by atoms with van der Waals surface area (Å²) in [6.07, 6.45) is 0. The number of aromatic nitrogens is 2. The van der Waals surface area contributed by atoms with Crippen molar-refractivity contribution >= 4 is 11.5 Å². The van der Waals surface area contributed by atoms with Gasteiger partial charge in [0.2, 0.25) is 0 Å². The Kier molecular flexibility index (Phi) is 1.71. The maximum atomic E-state index is 4.56. The molecule has 3 heteroatoms. The molecule has 1 aliphatic heterocycles. The second-order valence-electron chi connectivity index (χ2n) is 3.73. The first-order chi connectivity index (χ1) is 7.33. The van der Waals surface area contributed by atoms with Crippen molar-refractivity contribution in [3.63, 3.8) is 0 Å². The third-order valence-electron chi connectivity index (χ3n) is 2.54. The highest BCUT2D eigenvalue weighted by Crippen LogP contribution is 2.22. The molecule has 3 rings (SSSR count).